The van der Waals surface area contributed by atoms with Crippen LogP contribution < -0.4 is 0 Å². The molecule has 0 nitrogen and oxygen atoms in total. The Kier molecular flexibility index (Phi) is 5.47. The molecule has 74 valence electrons. The summed E-state index contributed by atoms with van der Waals surface area (Å²) in [5.41, 5.74) is 0.443. The van der Waals surface area contributed by atoms with E-state index in [-0.39, 0.29) is 0 Å². The number of alkyl halides is 1. The van der Waals surface area contributed by atoms with Crippen LogP contribution in [0.3, 0.4) is 0 Å². The molecule has 12 heavy (non-hydrogen) atoms. The van der Waals surface area contributed by atoms with Gasteiger partial charge >= 0.3 is 0 Å². The lowest BCUT2D eigenvalue weighted by Gasteiger charge is -2.34. The van der Waals surface area contributed by atoms with Crippen molar-refractivity contribution >= 4 is 15.9 Å². The molecule has 0 aliphatic carbocycles. The van der Waals surface area contributed by atoms with Crippen molar-refractivity contribution in [2.75, 3.05) is 5.33 Å². The molecule has 0 aliphatic heterocycles. The Balaban J connectivity index is 4.14. The van der Waals surface area contributed by atoms with Crippen LogP contribution in [0.4, 0.5) is 0 Å². The van der Waals surface area contributed by atoms with E-state index in [0.29, 0.717) is 5.41 Å². The number of hydrogen-bond donors (Lipinski definition) is 0. The molecule has 0 heterocycles. The zero-order chi connectivity index (χ0) is 9.78. The first-order valence-corrected chi connectivity index (χ1v) is 6.11. The van der Waals surface area contributed by atoms with Crippen molar-refractivity contribution in [2.45, 2.75) is 47.5 Å². The predicted molar refractivity (Wildman–Crippen MR) is 60.8 cm³/mol. The van der Waals surface area contributed by atoms with E-state index in [9.17, 15) is 0 Å². The van der Waals surface area contributed by atoms with Gasteiger partial charge in [-0.1, -0.05) is 63.4 Å². The van der Waals surface area contributed by atoms with Gasteiger partial charge in [0.05, 0.1) is 0 Å². The van der Waals surface area contributed by atoms with Gasteiger partial charge in [-0.2, -0.15) is 0 Å². The van der Waals surface area contributed by atoms with Crippen LogP contribution in [0.5, 0.6) is 0 Å². The van der Waals surface area contributed by atoms with Gasteiger partial charge in [0, 0.05) is 5.33 Å². The summed E-state index contributed by atoms with van der Waals surface area (Å²) in [6.07, 6.45) is 2.66. The van der Waals surface area contributed by atoms with Crippen LogP contribution in [0, 0.1) is 17.3 Å². The zero-order valence-corrected chi connectivity index (χ0v) is 10.7. The summed E-state index contributed by atoms with van der Waals surface area (Å²) in [6.45, 7) is 11.7. The first kappa shape index (κ1) is 12.5. The lowest BCUT2D eigenvalue weighted by Crippen LogP contribution is -2.28. The highest BCUT2D eigenvalue weighted by molar-refractivity contribution is 9.09. The van der Waals surface area contributed by atoms with E-state index in [1.807, 2.05) is 0 Å². The fourth-order valence-corrected chi connectivity index (χ4v) is 3.50. The van der Waals surface area contributed by atoms with Crippen molar-refractivity contribution in [2.24, 2.45) is 17.3 Å². The second-order valence-electron chi connectivity index (χ2n) is 4.89. The average molecular weight is 235 g/mol. The molecule has 2 unspecified atom stereocenters. The minimum absolute atomic E-state index is 0.443. The second kappa shape index (κ2) is 5.26. The molecule has 0 saturated carbocycles. The van der Waals surface area contributed by atoms with Crippen LogP contribution in [0.15, 0.2) is 0 Å². The summed E-state index contributed by atoms with van der Waals surface area (Å²) in [5.74, 6) is 1.65. The van der Waals surface area contributed by atoms with E-state index in [4.69, 9.17) is 0 Å². The van der Waals surface area contributed by atoms with Crippen molar-refractivity contribution in [1.29, 1.82) is 0 Å². The van der Waals surface area contributed by atoms with Crippen molar-refractivity contribution < 1.29 is 0 Å². The van der Waals surface area contributed by atoms with E-state index in [1.165, 1.54) is 12.8 Å². The van der Waals surface area contributed by atoms with E-state index in [2.05, 4.69) is 50.5 Å². The number of halogens is 1. The molecule has 0 saturated heterocycles. The predicted octanol–water partition coefficient (Wildman–Crippen LogP) is 4.48. The van der Waals surface area contributed by atoms with Crippen LogP contribution in [0.1, 0.15) is 47.5 Å². The lowest BCUT2D eigenvalue weighted by molar-refractivity contribution is 0.186. The minimum atomic E-state index is 0.443. The van der Waals surface area contributed by atoms with Gasteiger partial charge in [-0.3, -0.25) is 0 Å². The molecule has 0 N–H and O–H groups in total. The Morgan fingerprint density at radius 2 is 1.75 bits per heavy atom. The van der Waals surface area contributed by atoms with Crippen LogP contribution in [-0.4, -0.2) is 5.33 Å². The van der Waals surface area contributed by atoms with E-state index in [1.54, 1.807) is 0 Å². The molecule has 1 heteroatoms. The van der Waals surface area contributed by atoms with Crippen LogP contribution in [-0.2, 0) is 0 Å². The molecular formula is C11H23Br. The smallest absolute Gasteiger partial charge is 0.00672 e. The van der Waals surface area contributed by atoms with Crippen molar-refractivity contribution in [3.63, 3.8) is 0 Å². The molecule has 0 bridgehead atoms. The van der Waals surface area contributed by atoms with E-state index >= 15 is 0 Å². The fourth-order valence-electron chi connectivity index (χ4n) is 1.89. The highest BCUT2D eigenvalue weighted by Crippen LogP contribution is 2.35. The Labute approximate surface area is 86.3 Å². The van der Waals surface area contributed by atoms with Gasteiger partial charge < -0.3 is 0 Å². The van der Waals surface area contributed by atoms with Gasteiger partial charge in [0.25, 0.3) is 0 Å². The summed E-state index contributed by atoms with van der Waals surface area (Å²) in [5, 5.41) is 1.14. The maximum Gasteiger partial charge on any atom is 0.00672 e. The SMILES string of the molecule is CCCC(C)C(CBr)C(C)(C)C. The third-order valence-electron chi connectivity index (χ3n) is 2.71. The maximum absolute atomic E-state index is 3.62. The van der Waals surface area contributed by atoms with E-state index in [0.717, 1.165) is 17.2 Å². The molecule has 0 radical (unpaired) electrons. The van der Waals surface area contributed by atoms with Gasteiger partial charge in [-0.05, 0) is 17.3 Å². The summed E-state index contributed by atoms with van der Waals surface area (Å²) >= 11 is 3.62. The van der Waals surface area contributed by atoms with Crippen LogP contribution in [0.2, 0.25) is 0 Å². The number of hydrogen-bond acceptors (Lipinski definition) is 0. The molecule has 0 aromatic carbocycles. The van der Waals surface area contributed by atoms with Crippen LogP contribution in [0.25, 0.3) is 0 Å². The Hall–Kier alpha value is 0.480. The van der Waals surface area contributed by atoms with Gasteiger partial charge in [-0.15, -0.1) is 0 Å². The number of rotatable bonds is 4. The molecule has 0 aromatic heterocycles. The van der Waals surface area contributed by atoms with Crippen molar-refractivity contribution in [3.05, 3.63) is 0 Å². The molecule has 0 spiro atoms. The van der Waals surface area contributed by atoms with Crippen LogP contribution >= 0.6 is 15.9 Å². The molecule has 0 amide bonds. The molecule has 2 atom stereocenters. The summed E-state index contributed by atoms with van der Waals surface area (Å²) < 4.78 is 0. The third-order valence-corrected chi connectivity index (χ3v) is 3.41. The molecule has 0 rings (SSSR count). The highest BCUT2D eigenvalue weighted by atomic mass is 79.9. The first-order chi connectivity index (χ1) is 5.43. The van der Waals surface area contributed by atoms with Gasteiger partial charge in [0.1, 0.15) is 0 Å². The Morgan fingerprint density at radius 3 is 2.00 bits per heavy atom. The molecule has 0 fully saturated rings. The fraction of sp³-hybridized carbons (Fsp3) is 1.00. The second-order valence-corrected chi connectivity index (χ2v) is 5.54. The lowest BCUT2D eigenvalue weighted by atomic mass is 9.74. The average Bonchev–Trinajstić information content (AvgIpc) is 1.85. The van der Waals surface area contributed by atoms with E-state index < -0.39 is 0 Å². The summed E-state index contributed by atoms with van der Waals surface area (Å²) in [7, 11) is 0. The minimum Gasteiger partial charge on any atom is -0.0925 e. The van der Waals surface area contributed by atoms with Gasteiger partial charge in [0.15, 0.2) is 0 Å². The highest BCUT2D eigenvalue weighted by Gasteiger charge is 2.27. The summed E-state index contributed by atoms with van der Waals surface area (Å²) in [4.78, 5) is 0. The normalized spacial score (nSPS) is 17.5. The first-order valence-electron chi connectivity index (χ1n) is 4.99. The van der Waals surface area contributed by atoms with Crippen molar-refractivity contribution in [1.82, 2.24) is 0 Å². The summed E-state index contributed by atoms with van der Waals surface area (Å²) in [6, 6.07) is 0. The van der Waals surface area contributed by atoms with Crippen molar-refractivity contribution in [3.8, 4) is 0 Å². The topological polar surface area (TPSA) is 0 Å². The monoisotopic (exact) mass is 234 g/mol. The molecule has 0 aromatic rings. The Morgan fingerprint density at radius 1 is 1.25 bits per heavy atom. The van der Waals surface area contributed by atoms with Gasteiger partial charge in [0.2, 0.25) is 0 Å². The largest absolute Gasteiger partial charge is 0.0925 e. The van der Waals surface area contributed by atoms with Gasteiger partial charge in [-0.25, -0.2) is 0 Å². The quantitative estimate of drug-likeness (QED) is 0.630. The standard InChI is InChI=1S/C11H23Br/c1-6-7-9(2)10(8-12)11(3,4)5/h9-10H,6-8H2,1-5H3. The molecule has 0 aliphatic rings. The third kappa shape index (κ3) is 3.93. The zero-order valence-electron chi connectivity index (χ0n) is 9.15. The maximum atomic E-state index is 3.62. The molecular weight excluding hydrogens is 212 g/mol. The Bertz CT molecular complexity index is 113.